The third-order valence-corrected chi connectivity index (χ3v) is 5.37. The van der Waals surface area contributed by atoms with E-state index in [-0.39, 0.29) is 5.91 Å². The molecule has 0 spiro atoms. The van der Waals surface area contributed by atoms with Gasteiger partial charge in [0.15, 0.2) is 5.13 Å². The lowest BCUT2D eigenvalue weighted by Gasteiger charge is -2.05. The first-order valence-electron chi connectivity index (χ1n) is 9.45. The summed E-state index contributed by atoms with van der Waals surface area (Å²) in [5, 5.41) is 8.75. The van der Waals surface area contributed by atoms with Gasteiger partial charge in [0.25, 0.3) is 5.91 Å². The first kappa shape index (κ1) is 20.5. The van der Waals surface area contributed by atoms with Gasteiger partial charge in [0.2, 0.25) is 0 Å². The average molecular weight is 409 g/mol. The fourth-order valence-electron chi connectivity index (χ4n) is 2.78. The van der Waals surface area contributed by atoms with Crippen LogP contribution in [0.15, 0.2) is 54.6 Å². The summed E-state index contributed by atoms with van der Waals surface area (Å²) in [5.41, 5.74) is 3.66. The highest BCUT2D eigenvalue weighted by atomic mass is 32.1. The summed E-state index contributed by atoms with van der Waals surface area (Å²) in [6.07, 6.45) is 1.77. The zero-order chi connectivity index (χ0) is 20.6. The van der Waals surface area contributed by atoms with Gasteiger partial charge in [-0.3, -0.25) is 10.1 Å². The number of thiazole rings is 1. The molecule has 0 atom stereocenters. The van der Waals surface area contributed by atoms with Crippen molar-refractivity contribution in [3.8, 4) is 0 Å². The maximum absolute atomic E-state index is 12.4. The second-order valence-corrected chi connectivity index (χ2v) is 7.72. The Morgan fingerprint density at radius 1 is 0.966 bits per heavy atom. The molecule has 3 N–H and O–H groups in total. The molecule has 0 aliphatic rings. The second kappa shape index (κ2) is 9.84. The molecule has 29 heavy (non-hydrogen) atoms. The van der Waals surface area contributed by atoms with E-state index >= 15 is 0 Å². The molecule has 1 aromatic heterocycles. The van der Waals surface area contributed by atoms with Crippen LogP contribution in [-0.4, -0.2) is 23.5 Å². The quantitative estimate of drug-likeness (QED) is 0.493. The molecule has 0 aliphatic carbocycles. The number of hydrogen-bond acceptors (Lipinski definition) is 4. The number of amides is 3. The van der Waals surface area contributed by atoms with E-state index in [0.29, 0.717) is 27.9 Å². The van der Waals surface area contributed by atoms with Crippen LogP contribution in [0, 0.1) is 13.8 Å². The molecule has 0 fully saturated rings. The van der Waals surface area contributed by atoms with Gasteiger partial charge in [-0.05, 0) is 44.4 Å². The number of nitrogens with one attached hydrogen (secondary N) is 3. The Labute approximate surface area is 174 Å². The zero-order valence-corrected chi connectivity index (χ0v) is 17.3. The zero-order valence-electron chi connectivity index (χ0n) is 16.5. The van der Waals surface area contributed by atoms with Crippen molar-refractivity contribution in [3.05, 3.63) is 76.3 Å². The summed E-state index contributed by atoms with van der Waals surface area (Å²) < 4.78 is 0. The topological polar surface area (TPSA) is 83.1 Å². The van der Waals surface area contributed by atoms with E-state index in [1.165, 1.54) is 16.9 Å². The Kier molecular flexibility index (Phi) is 6.97. The normalized spacial score (nSPS) is 10.4. The van der Waals surface area contributed by atoms with Crippen LogP contribution in [0.5, 0.6) is 0 Å². The van der Waals surface area contributed by atoms with Crippen molar-refractivity contribution < 1.29 is 9.59 Å². The molecule has 3 rings (SSSR count). The van der Waals surface area contributed by atoms with Gasteiger partial charge in [-0.15, -0.1) is 0 Å². The molecule has 0 radical (unpaired) electrons. The highest BCUT2D eigenvalue weighted by Crippen LogP contribution is 2.22. The summed E-state index contributed by atoms with van der Waals surface area (Å²) in [6, 6.07) is 17.3. The Bertz CT molecular complexity index is 968. The van der Waals surface area contributed by atoms with Gasteiger partial charge >= 0.3 is 6.03 Å². The first-order valence-corrected chi connectivity index (χ1v) is 10.3. The maximum Gasteiger partial charge on any atom is 0.325 e. The third kappa shape index (κ3) is 6.15. The van der Waals surface area contributed by atoms with E-state index in [4.69, 9.17) is 0 Å². The second-order valence-electron chi connectivity index (χ2n) is 6.72. The summed E-state index contributed by atoms with van der Waals surface area (Å²) in [6.45, 7) is 4.33. The van der Waals surface area contributed by atoms with Crippen molar-refractivity contribution in [2.75, 3.05) is 17.2 Å². The number of nitrogens with zero attached hydrogens (tertiary/aromatic N) is 1. The number of carbonyl (C=O) groups excluding carboxylic acids is 2. The van der Waals surface area contributed by atoms with Gasteiger partial charge in [0.05, 0.1) is 5.69 Å². The molecule has 3 amide bonds. The van der Waals surface area contributed by atoms with E-state index < -0.39 is 6.03 Å². The molecule has 0 saturated carbocycles. The fraction of sp³-hybridized carbons (Fsp3) is 0.227. The Morgan fingerprint density at radius 3 is 2.41 bits per heavy atom. The van der Waals surface area contributed by atoms with Crippen molar-refractivity contribution >= 4 is 34.1 Å². The molecule has 7 heteroatoms. The molecule has 1 heterocycles. The number of rotatable bonds is 7. The molecular weight excluding hydrogens is 384 g/mol. The molecule has 3 aromatic rings. The van der Waals surface area contributed by atoms with Crippen LogP contribution in [0.2, 0.25) is 0 Å². The monoisotopic (exact) mass is 408 g/mol. The molecule has 2 aromatic carbocycles. The number of hydrogen-bond donors (Lipinski definition) is 3. The lowest BCUT2D eigenvalue weighted by molar-refractivity contribution is 0.0956. The largest absolute Gasteiger partial charge is 0.351 e. The number of aromatic nitrogens is 1. The Hall–Kier alpha value is -3.19. The summed E-state index contributed by atoms with van der Waals surface area (Å²) in [4.78, 5) is 29.4. The lowest BCUT2D eigenvalue weighted by atomic mass is 10.1. The highest BCUT2D eigenvalue weighted by Gasteiger charge is 2.16. The first-order chi connectivity index (χ1) is 14.0. The van der Waals surface area contributed by atoms with Crippen LogP contribution >= 0.6 is 11.3 Å². The molecule has 0 bridgehead atoms. The average Bonchev–Trinajstić information content (AvgIpc) is 3.07. The lowest BCUT2D eigenvalue weighted by Crippen LogP contribution is -2.24. The van der Waals surface area contributed by atoms with Crippen LogP contribution in [0.25, 0.3) is 0 Å². The SMILES string of the molecule is Cc1ccc(NC(=O)Nc2nc(C)c(C(=O)NCCCc3ccccc3)s2)cc1. The molecule has 150 valence electrons. The molecule has 0 unspecified atom stereocenters. The summed E-state index contributed by atoms with van der Waals surface area (Å²) in [5.74, 6) is -0.167. The van der Waals surface area contributed by atoms with Crippen LogP contribution in [0.4, 0.5) is 15.6 Å². The third-order valence-electron chi connectivity index (χ3n) is 4.30. The Morgan fingerprint density at radius 2 is 1.69 bits per heavy atom. The van der Waals surface area contributed by atoms with E-state index in [2.05, 4.69) is 33.1 Å². The number of carbonyl (C=O) groups is 2. The van der Waals surface area contributed by atoms with Crippen LogP contribution in [0.1, 0.15) is 32.9 Å². The summed E-state index contributed by atoms with van der Waals surface area (Å²) >= 11 is 1.17. The molecule has 0 aliphatic heterocycles. The maximum atomic E-state index is 12.4. The minimum Gasteiger partial charge on any atom is -0.351 e. The van der Waals surface area contributed by atoms with Crippen LogP contribution < -0.4 is 16.0 Å². The van der Waals surface area contributed by atoms with Gasteiger partial charge in [-0.25, -0.2) is 9.78 Å². The van der Waals surface area contributed by atoms with Crippen molar-refractivity contribution in [1.29, 1.82) is 0 Å². The minimum absolute atomic E-state index is 0.167. The van der Waals surface area contributed by atoms with Crippen molar-refractivity contribution in [1.82, 2.24) is 10.3 Å². The Balaban J connectivity index is 1.48. The fourth-order valence-corrected chi connectivity index (χ4v) is 3.65. The number of benzene rings is 2. The molecule has 6 nitrogen and oxygen atoms in total. The van der Waals surface area contributed by atoms with Gasteiger partial charge in [0, 0.05) is 12.2 Å². The number of urea groups is 1. The van der Waals surface area contributed by atoms with Gasteiger partial charge in [-0.1, -0.05) is 59.4 Å². The van der Waals surface area contributed by atoms with Gasteiger partial charge < -0.3 is 10.6 Å². The molecule has 0 saturated heterocycles. The standard InChI is InChI=1S/C22H24N4O2S/c1-15-10-12-18(13-11-15)25-21(28)26-22-24-16(2)19(29-22)20(27)23-14-6-9-17-7-4-3-5-8-17/h3-5,7-8,10-13H,6,9,14H2,1-2H3,(H,23,27)(H2,24,25,26,28). The molecular formula is C22H24N4O2S. The van der Waals surface area contributed by atoms with E-state index in [1.807, 2.05) is 49.4 Å². The van der Waals surface area contributed by atoms with Gasteiger partial charge in [0.1, 0.15) is 4.88 Å². The van der Waals surface area contributed by atoms with Gasteiger partial charge in [-0.2, -0.15) is 0 Å². The van der Waals surface area contributed by atoms with E-state index in [1.54, 1.807) is 6.92 Å². The van der Waals surface area contributed by atoms with Crippen LogP contribution in [-0.2, 0) is 6.42 Å². The highest BCUT2D eigenvalue weighted by molar-refractivity contribution is 7.17. The number of anilines is 2. The summed E-state index contributed by atoms with van der Waals surface area (Å²) in [7, 11) is 0. The van der Waals surface area contributed by atoms with E-state index in [9.17, 15) is 9.59 Å². The predicted molar refractivity (Wildman–Crippen MR) is 118 cm³/mol. The van der Waals surface area contributed by atoms with E-state index in [0.717, 1.165) is 18.4 Å². The predicted octanol–water partition coefficient (Wildman–Crippen LogP) is 4.77. The van der Waals surface area contributed by atoms with Crippen LogP contribution in [0.3, 0.4) is 0 Å². The van der Waals surface area contributed by atoms with Crippen molar-refractivity contribution in [2.24, 2.45) is 0 Å². The minimum atomic E-state index is -0.391. The number of aryl methyl sites for hydroxylation is 3. The van der Waals surface area contributed by atoms with Crippen molar-refractivity contribution in [2.45, 2.75) is 26.7 Å². The smallest absolute Gasteiger partial charge is 0.325 e. The van der Waals surface area contributed by atoms with Crippen molar-refractivity contribution in [3.63, 3.8) is 0 Å².